The summed E-state index contributed by atoms with van der Waals surface area (Å²) in [6.45, 7) is 4.58. The van der Waals surface area contributed by atoms with Crippen molar-refractivity contribution in [2.45, 2.75) is 19.3 Å². The second-order valence-electron chi connectivity index (χ2n) is 8.70. The van der Waals surface area contributed by atoms with Gasteiger partial charge in [-0.15, -0.1) is 0 Å². The molecule has 1 aromatic heterocycles. The topological polar surface area (TPSA) is 4.93 Å². The molecule has 6 rings (SSSR count). The first kappa shape index (κ1) is 19.6. The van der Waals surface area contributed by atoms with Crippen LogP contribution < -0.4 is 0 Å². The first-order valence-corrected chi connectivity index (χ1v) is 12.2. The molecule has 0 spiro atoms. The van der Waals surface area contributed by atoms with E-state index in [0.717, 1.165) is 14.0 Å². The van der Waals surface area contributed by atoms with Gasteiger partial charge in [0.05, 0.1) is 11.0 Å². The van der Waals surface area contributed by atoms with Gasteiger partial charge in [0.2, 0.25) is 0 Å². The quantitative estimate of drug-likeness (QED) is 0.196. The number of halogens is 3. The SMILES string of the molecule is CC1(C)c2cc(Cl)ccc2-c2ccc(-n3c4ccc(Br)cc4c4cc(Br)ccc43)cc21. The lowest BCUT2D eigenvalue weighted by Crippen LogP contribution is -2.15. The minimum Gasteiger partial charge on any atom is -0.309 e. The molecule has 1 heterocycles. The summed E-state index contributed by atoms with van der Waals surface area (Å²) in [6, 6.07) is 26.1. The van der Waals surface area contributed by atoms with Gasteiger partial charge in [-0.05, 0) is 82.9 Å². The molecule has 4 heteroatoms. The standard InChI is InChI=1S/C27H18Br2ClN/c1-27(2)23-13-17(30)5-7-19(23)20-8-6-18(14-24(20)27)31-25-9-3-15(28)11-21(25)22-12-16(29)4-10-26(22)31/h3-14H,1-2H3. The first-order valence-electron chi connectivity index (χ1n) is 10.2. The van der Waals surface area contributed by atoms with Gasteiger partial charge < -0.3 is 4.57 Å². The zero-order valence-electron chi connectivity index (χ0n) is 17.0. The molecule has 0 fully saturated rings. The van der Waals surface area contributed by atoms with Crippen LogP contribution in [0.15, 0.2) is 81.7 Å². The zero-order chi connectivity index (χ0) is 21.5. The lowest BCUT2D eigenvalue weighted by Gasteiger charge is -2.22. The van der Waals surface area contributed by atoms with Crippen LogP contribution in [-0.4, -0.2) is 4.57 Å². The van der Waals surface area contributed by atoms with Crippen LogP contribution in [0.25, 0.3) is 38.6 Å². The molecular weight excluding hydrogens is 534 g/mol. The van der Waals surface area contributed by atoms with Crippen molar-refractivity contribution in [3.63, 3.8) is 0 Å². The molecule has 0 unspecified atom stereocenters. The van der Waals surface area contributed by atoms with Crippen molar-refractivity contribution in [3.8, 4) is 16.8 Å². The fourth-order valence-corrected chi connectivity index (χ4v) is 5.98. The molecule has 0 radical (unpaired) electrons. The van der Waals surface area contributed by atoms with Crippen molar-refractivity contribution in [3.05, 3.63) is 97.9 Å². The molecule has 0 aliphatic heterocycles. The molecule has 1 aliphatic rings. The summed E-state index contributed by atoms with van der Waals surface area (Å²) in [5.74, 6) is 0. The van der Waals surface area contributed by atoms with Crippen molar-refractivity contribution in [2.75, 3.05) is 0 Å². The summed E-state index contributed by atoms with van der Waals surface area (Å²) in [4.78, 5) is 0. The molecule has 4 aromatic carbocycles. The molecule has 1 nitrogen and oxygen atoms in total. The van der Waals surface area contributed by atoms with Crippen molar-refractivity contribution in [2.24, 2.45) is 0 Å². The lowest BCUT2D eigenvalue weighted by atomic mass is 9.82. The Morgan fingerprint density at radius 3 is 1.84 bits per heavy atom. The Labute approximate surface area is 202 Å². The van der Waals surface area contributed by atoms with Crippen molar-refractivity contribution in [1.29, 1.82) is 0 Å². The van der Waals surface area contributed by atoms with Gasteiger partial charge in [-0.2, -0.15) is 0 Å². The van der Waals surface area contributed by atoms with Crippen molar-refractivity contribution in [1.82, 2.24) is 4.57 Å². The Hall–Kier alpha value is -2.07. The highest BCUT2D eigenvalue weighted by atomic mass is 79.9. The predicted octanol–water partition coefficient (Wildman–Crippen LogP) is 9.27. The Kier molecular flexibility index (Phi) is 4.25. The summed E-state index contributed by atoms with van der Waals surface area (Å²) in [5.41, 5.74) is 8.69. The van der Waals surface area contributed by atoms with Gasteiger partial charge in [-0.25, -0.2) is 0 Å². The fraction of sp³-hybridized carbons (Fsp3) is 0.111. The first-order chi connectivity index (χ1) is 14.8. The fourth-order valence-electron chi connectivity index (χ4n) is 5.08. The maximum absolute atomic E-state index is 6.35. The van der Waals surface area contributed by atoms with E-state index in [1.54, 1.807) is 0 Å². The summed E-state index contributed by atoms with van der Waals surface area (Å²) < 4.78 is 4.54. The van der Waals surface area contributed by atoms with Crippen molar-refractivity contribution < 1.29 is 0 Å². The van der Waals surface area contributed by atoms with Crippen molar-refractivity contribution >= 4 is 65.3 Å². The predicted molar refractivity (Wildman–Crippen MR) is 139 cm³/mol. The van der Waals surface area contributed by atoms with E-state index in [2.05, 4.69) is 117 Å². The Morgan fingerprint density at radius 1 is 0.677 bits per heavy atom. The summed E-state index contributed by atoms with van der Waals surface area (Å²) in [6.07, 6.45) is 0. The summed E-state index contributed by atoms with van der Waals surface area (Å²) in [5, 5.41) is 3.26. The van der Waals surface area contributed by atoms with E-state index in [0.29, 0.717) is 0 Å². The Balaban J connectivity index is 1.66. The molecule has 1 aliphatic carbocycles. The van der Waals surface area contributed by atoms with Crippen LogP contribution in [0.4, 0.5) is 0 Å². The Morgan fingerprint density at radius 2 is 1.23 bits per heavy atom. The normalized spacial score (nSPS) is 14.2. The molecule has 0 atom stereocenters. The third-order valence-electron chi connectivity index (χ3n) is 6.57. The number of hydrogen-bond donors (Lipinski definition) is 0. The van der Waals surface area contributed by atoms with E-state index in [4.69, 9.17) is 11.6 Å². The van der Waals surface area contributed by atoms with E-state index >= 15 is 0 Å². The second kappa shape index (κ2) is 6.71. The zero-order valence-corrected chi connectivity index (χ0v) is 20.9. The molecule has 0 bridgehead atoms. The largest absolute Gasteiger partial charge is 0.309 e. The highest BCUT2D eigenvalue weighted by molar-refractivity contribution is 9.10. The number of aromatic nitrogens is 1. The average Bonchev–Trinajstić information content (AvgIpc) is 3.17. The number of rotatable bonds is 1. The van der Waals surface area contributed by atoms with Crippen LogP contribution in [0, 0.1) is 0 Å². The number of benzene rings is 4. The molecule has 5 aromatic rings. The van der Waals surface area contributed by atoms with Gasteiger partial charge in [-0.3, -0.25) is 0 Å². The molecule has 31 heavy (non-hydrogen) atoms. The van der Waals surface area contributed by atoms with Gasteiger partial charge in [-0.1, -0.05) is 69.4 Å². The maximum atomic E-state index is 6.35. The number of hydrogen-bond acceptors (Lipinski definition) is 0. The van der Waals surface area contributed by atoms with Gasteiger partial charge in [0.15, 0.2) is 0 Å². The van der Waals surface area contributed by atoms with Crippen LogP contribution in [-0.2, 0) is 5.41 Å². The van der Waals surface area contributed by atoms with Gasteiger partial charge in [0.1, 0.15) is 0 Å². The summed E-state index contributed by atoms with van der Waals surface area (Å²) >= 11 is 13.6. The molecule has 152 valence electrons. The average molecular weight is 552 g/mol. The maximum Gasteiger partial charge on any atom is 0.0541 e. The number of nitrogens with zero attached hydrogens (tertiary/aromatic N) is 1. The van der Waals surface area contributed by atoms with Gasteiger partial charge >= 0.3 is 0 Å². The van der Waals surface area contributed by atoms with Gasteiger partial charge in [0.25, 0.3) is 0 Å². The van der Waals surface area contributed by atoms with E-state index in [1.807, 2.05) is 6.07 Å². The highest BCUT2D eigenvalue weighted by Gasteiger charge is 2.35. The molecule has 0 N–H and O–H groups in total. The molecular formula is C27H18Br2ClN. The van der Waals surface area contributed by atoms with Crippen LogP contribution in [0.5, 0.6) is 0 Å². The highest BCUT2D eigenvalue weighted by Crippen LogP contribution is 2.50. The molecule has 0 saturated carbocycles. The van der Waals surface area contributed by atoms with Crippen LogP contribution in [0.1, 0.15) is 25.0 Å². The van der Waals surface area contributed by atoms with E-state index in [1.165, 1.54) is 49.7 Å². The molecule has 0 amide bonds. The third kappa shape index (κ3) is 2.80. The Bertz CT molecular complexity index is 1490. The van der Waals surface area contributed by atoms with Crippen LogP contribution >= 0.6 is 43.5 Å². The molecule has 0 saturated heterocycles. The lowest BCUT2D eigenvalue weighted by molar-refractivity contribution is 0.660. The van der Waals surface area contributed by atoms with E-state index < -0.39 is 0 Å². The summed E-state index contributed by atoms with van der Waals surface area (Å²) in [7, 11) is 0. The minimum atomic E-state index is -0.101. The monoisotopic (exact) mass is 549 g/mol. The van der Waals surface area contributed by atoms with Gasteiger partial charge in [0, 0.05) is 35.8 Å². The van der Waals surface area contributed by atoms with E-state index in [-0.39, 0.29) is 5.41 Å². The van der Waals surface area contributed by atoms with Crippen LogP contribution in [0.3, 0.4) is 0 Å². The van der Waals surface area contributed by atoms with E-state index in [9.17, 15) is 0 Å². The van der Waals surface area contributed by atoms with Crippen LogP contribution in [0.2, 0.25) is 5.02 Å². The second-order valence-corrected chi connectivity index (χ2v) is 11.0. The minimum absolute atomic E-state index is 0.101. The smallest absolute Gasteiger partial charge is 0.0541 e. The third-order valence-corrected chi connectivity index (χ3v) is 7.79. The number of fused-ring (bicyclic) bond motifs is 6.